The molecule has 3 heterocycles. The molecule has 210 valence electrons. The van der Waals surface area contributed by atoms with E-state index in [0.29, 0.717) is 43.4 Å². The van der Waals surface area contributed by atoms with E-state index in [9.17, 15) is 9.59 Å². The number of morpholine rings is 1. The van der Waals surface area contributed by atoms with Crippen LogP contribution >= 0.6 is 11.3 Å². The molecule has 0 spiro atoms. The van der Waals surface area contributed by atoms with Crippen LogP contribution in [-0.2, 0) is 9.53 Å². The molecular weight excluding hydrogens is 524 g/mol. The molecule has 2 amide bonds. The van der Waals surface area contributed by atoms with Crippen molar-refractivity contribution in [3.63, 3.8) is 0 Å². The Morgan fingerprint density at radius 3 is 2.60 bits per heavy atom. The van der Waals surface area contributed by atoms with Crippen LogP contribution < -0.4 is 4.74 Å². The summed E-state index contributed by atoms with van der Waals surface area (Å²) < 4.78 is 11.1. The van der Waals surface area contributed by atoms with E-state index in [4.69, 9.17) is 14.6 Å². The van der Waals surface area contributed by atoms with Crippen LogP contribution in [0.25, 0.3) is 0 Å². The molecular formula is C31H36N4O4S. The number of hydrazone groups is 1. The first-order chi connectivity index (χ1) is 19.4. The fraction of sp³-hybridized carbons (Fsp3) is 0.387. The molecule has 0 N–H and O–H groups in total. The van der Waals surface area contributed by atoms with Crippen LogP contribution in [0.2, 0.25) is 0 Å². The predicted octanol–water partition coefficient (Wildman–Crippen LogP) is 4.53. The molecule has 0 saturated carbocycles. The molecule has 9 heteroatoms. The van der Waals surface area contributed by atoms with Gasteiger partial charge in [0.25, 0.3) is 11.8 Å². The smallest absolute Gasteiger partial charge is 0.264 e. The first kappa shape index (κ1) is 28.0. The summed E-state index contributed by atoms with van der Waals surface area (Å²) in [4.78, 5) is 32.1. The highest BCUT2D eigenvalue weighted by atomic mass is 32.1. The van der Waals surface area contributed by atoms with Gasteiger partial charge in [0.2, 0.25) is 0 Å². The van der Waals surface area contributed by atoms with Crippen LogP contribution in [0.5, 0.6) is 5.75 Å². The molecule has 2 aromatic carbocycles. The van der Waals surface area contributed by atoms with Crippen molar-refractivity contribution in [2.45, 2.75) is 26.3 Å². The van der Waals surface area contributed by atoms with E-state index < -0.39 is 0 Å². The Morgan fingerprint density at radius 2 is 1.88 bits per heavy atom. The van der Waals surface area contributed by atoms with Gasteiger partial charge in [-0.2, -0.15) is 5.10 Å². The molecule has 40 heavy (non-hydrogen) atoms. The minimum atomic E-state index is -0.335. The summed E-state index contributed by atoms with van der Waals surface area (Å²) in [5, 5.41) is 8.31. The zero-order chi connectivity index (χ0) is 28.1. The maximum absolute atomic E-state index is 14.0. The first-order valence-corrected chi connectivity index (χ1v) is 14.6. The van der Waals surface area contributed by atoms with Crippen molar-refractivity contribution in [2.75, 3.05) is 53.0 Å². The molecule has 1 fully saturated rings. The summed E-state index contributed by atoms with van der Waals surface area (Å²) in [6, 6.07) is 17.4. The van der Waals surface area contributed by atoms with Gasteiger partial charge in [0.05, 0.1) is 37.0 Å². The van der Waals surface area contributed by atoms with E-state index in [0.717, 1.165) is 29.9 Å². The third kappa shape index (κ3) is 6.27. The summed E-state index contributed by atoms with van der Waals surface area (Å²) in [5.74, 6) is 0.352. The van der Waals surface area contributed by atoms with Gasteiger partial charge in [0.15, 0.2) is 0 Å². The average molecular weight is 561 g/mol. The van der Waals surface area contributed by atoms with Crippen LogP contribution in [0.1, 0.15) is 44.4 Å². The van der Waals surface area contributed by atoms with Crippen LogP contribution in [0.4, 0.5) is 0 Å². The van der Waals surface area contributed by atoms with Gasteiger partial charge in [-0.3, -0.25) is 14.5 Å². The monoisotopic (exact) mass is 560 g/mol. The van der Waals surface area contributed by atoms with Crippen LogP contribution in [-0.4, -0.2) is 85.4 Å². The Morgan fingerprint density at radius 1 is 1.07 bits per heavy atom. The van der Waals surface area contributed by atoms with Gasteiger partial charge in [0.1, 0.15) is 12.3 Å². The van der Waals surface area contributed by atoms with Crippen LogP contribution in [0.15, 0.2) is 65.1 Å². The zero-order valence-corrected chi connectivity index (χ0v) is 24.2. The highest BCUT2D eigenvalue weighted by Crippen LogP contribution is 2.37. The Bertz CT molecular complexity index is 1370. The highest BCUT2D eigenvalue weighted by Gasteiger charge is 2.36. The summed E-state index contributed by atoms with van der Waals surface area (Å²) in [7, 11) is 1.64. The summed E-state index contributed by atoms with van der Waals surface area (Å²) in [5.41, 5.74) is 5.12. The van der Waals surface area contributed by atoms with Gasteiger partial charge >= 0.3 is 0 Å². The number of thiophene rings is 1. The molecule has 1 aromatic heterocycles. The van der Waals surface area contributed by atoms with Crippen molar-refractivity contribution in [1.82, 2.24) is 14.8 Å². The van der Waals surface area contributed by atoms with Gasteiger partial charge < -0.3 is 14.4 Å². The number of carbonyl (C=O) groups excluding carboxylic acids is 2. The fourth-order valence-electron chi connectivity index (χ4n) is 5.15. The molecule has 1 saturated heterocycles. The third-order valence-corrected chi connectivity index (χ3v) is 8.50. The van der Waals surface area contributed by atoms with Crippen LogP contribution in [0, 0.1) is 13.8 Å². The minimum Gasteiger partial charge on any atom is -0.496 e. The lowest BCUT2D eigenvalue weighted by Gasteiger charge is -2.31. The SMILES string of the molecule is COc1ccccc1[C@H]1CC(c2ccc(C)c(C)c2)=NN1C(=O)CN(CCN1CCOCC1)C(=O)c1cccs1. The van der Waals surface area contributed by atoms with E-state index in [-0.39, 0.29) is 24.4 Å². The number of aryl methyl sites for hydroxylation is 2. The number of hydrogen-bond acceptors (Lipinski definition) is 7. The van der Waals surface area contributed by atoms with E-state index in [1.807, 2.05) is 41.8 Å². The Kier molecular flexibility index (Phi) is 8.94. The molecule has 3 aromatic rings. The number of nitrogens with zero attached hydrogens (tertiary/aromatic N) is 4. The molecule has 8 nitrogen and oxygen atoms in total. The maximum atomic E-state index is 14.0. The fourth-order valence-corrected chi connectivity index (χ4v) is 5.84. The van der Waals surface area contributed by atoms with Gasteiger partial charge in [-0.1, -0.05) is 36.4 Å². The van der Waals surface area contributed by atoms with Gasteiger partial charge in [-0.05, 0) is 54.1 Å². The van der Waals surface area contributed by atoms with Crippen molar-refractivity contribution in [2.24, 2.45) is 5.10 Å². The second-order valence-corrected chi connectivity index (χ2v) is 11.2. The number of rotatable bonds is 9. The quantitative estimate of drug-likeness (QED) is 0.385. The molecule has 0 unspecified atom stereocenters. The normalized spacial score (nSPS) is 17.5. The third-order valence-electron chi connectivity index (χ3n) is 7.64. The van der Waals surface area contributed by atoms with Crippen molar-refractivity contribution in [3.8, 4) is 5.75 Å². The largest absolute Gasteiger partial charge is 0.496 e. The Balaban J connectivity index is 1.43. The number of amides is 2. The molecule has 5 rings (SSSR count). The van der Waals surface area contributed by atoms with E-state index in [1.54, 1.807) is 17.0 Å². The number of benzene rings is 2. The second kappa shape index (κ2) is 12.8. The van der Waals surface area contributed by atoms with E-state index in [1.165, 1.54) is 22.5 Å². The maximum Gasteiger partial charge on any atom is 0.264 e. The van der Waals surface area contributed by atoms with Crippen molar-refractivity contribution in [1.29, 1.82) is 0 Å². The number of para-hydroxylation sites is 1. The average Bonchev–Trinajstić information content (AvgIpc) is 3.68. The lowest BCUT2D eigenvalue weighted by atomic mass is 9.96. The van der Waals surface area contributed by atoms with E-state index in [2.05, 4.69) is 36.9 Å². The molecule has 0 aliphatic carbocycles. The molecule has 2 aliphatic rings. The topological polar surface area (TPSA) is 74.7 Å². The van der Waals surface area contributed by atoms with Gasteiger partial charge in [-0.15, -0.1) is 11.3 Å². The number of carbonyl (C=O) groups is 2. The lowest BCUT2D eigenvalue weighted by molar-refractivity contribution is -0.133. The van der Waals surface area contributed by atoms with Crippen LogP contribution in [0.3, 0.4) is 0 Å². The van der Waals surface area contributed by atoms with Crippen molar-refractivity contribution >= 4 is 28.9 Å². The van der Waals surface area contributed by atoms with Crippen molar-refractivity contribution < 1.29 is 19.1 Å². The predicted molar refractivity (Wildman–Crippen MR) is 157 cm³/mol. The van der Waals surface area contributed by atoms with Crippen molar-refractivity contribution in [3.05, 3.63) is 87.1 Å². The first-order valence-electron chi connectivity index (χ1n) is 13.7. The second-order valence-electron chi connectivity index (χ2n) is 10.2. The molecule has 0 bridgehead atoms. The summed E-state index contributed by atoms with van der Waals surface area (Å²) in [6.07, 6.45) is 0.557. The standard InChI is InChI=1S/C31H36N4O4S/c1-22-10-11-24(19-23(22)2)26-20-27(25-7-4-5-8-28(25)38-3)35(32-26)30(36)21-34(31(37)29-9-6-18-40-29)13-12-33-14-16-39-17-15-33/h4-11,18-19,27H,12-17,20-21H2,1-3H3/t27-/m1/s1. The number of methoxy groups -OCH3 is 1. The Labute approximate surface area is 239 Å². The molecule has 1 atom stereocenters. The highest BCUT2D eigenvalue weighted by molar-refractivity contribution is 7.12. The molecule has 0 radical (unpaired) electrons. The summed E-state index contributed by atoms with van der Waals surface area (Å²) in [6.45, 7) is 8.24. The number of hydrogen-bond donors (Lipinski definition) is 0. The molecule has 2 aliphatic heterocycles. The lowest BCUT2D eigenvalue weighted by Crippen LogP contribution is -2.46. The summed E-state index contributed by atoms with van der Waals surface area (Å²) >= 11 is 1.39. The Hall–Kier alpha value is -3.53. The zero-order valence-electron chi connectivity index (χ0n) is 23.3. The van der Waals surface area contributed by atoms with E-state index >= 15 is 0 Å². The number of ether oxygens (including phenoxy) is 2. The van der Waals surface area contributed by atoms with Gasteiger partial charge in [0, 0.05) is 38.2 Å². The minimum absolute atomic E-state index is 0.0591. The van der Waals surface area contributed by atoms with Gasteiger partial charge in [-0.25, -0.2) is 5.01 Å².